The molecular weight excluding hydrogens is 312 g/mol. The van der Waals surface area contributed by atoms with Crippen LogP contribution in [0.1, 0.15) is 52.0 Å². The molecule has 3 N–H and O–H groups in total. The van der Waals surface area contributed by atoms with Crippen LogP contribution >= 0.6 is 12.4 Å². The third-order valence-electron chi connectivity index (χ3n) is 5.24. The number of halogens is 1. The molecule has 0 spiro atoms. The lowest BCUT2D eigenvalue weighted by atomic mass is 9.81. The smallest absolute Gasteiger partial charge is 0.227 e. The number of ether oxygens (including phenoxy) is 1. The number of hydrogen-bond acceptors (Lipinski definition) is 3. The Morgan fingerprint density at radius 1 is 1.35 bits per heavy atom. The van der Waals surface area contributed by atoms with Gasteiger partial charge in [-0.25, -0.2) is 0 Å². The summed E-state index contributed by atoms with van der Waals surface area (Å²) in [5.74, 6) is 1.23. The van der Waals surface area contributed by atoms with Gasteiger partial charge in [0.2, 0.25) is 5.91 Å². The zero-order valence-corrected chi connectivity index (χ0v) is 15.3. The summed E-state index contributed by atoms with van der Waals surface area (Å²) >= 11 is 0. The molecular formula is C18H29ClN2O2. The molecule has 1 aliphatic heterocycles. The third-order valence-corrected chi connectivity index (χ3v) is 5.24. The molecule has 1 aromatic carbocycles. The van der Waals surface area contributed by atoms with Crippen LogP contribution in [-0.4, -0.2) is 24.6 Å². The first-order valence-electron chi connectivity index (χ1n) is 8.25. The second-order valence-corrected chi connectivity index (χ2v) is 6.36. The quantitative estimate of drug-likeness (QED) is 0.835. The summed E-state index contributed by atoms with van der Waals surface area (Å²) in [5.41, 5.74) is 6.61. The number of carbonyl (C=O) groups is 1. The second kappa shape index (κ2) is 8.02. The van der Waals surface area contributed by atoms with Crippen molar-refractivity contribution in [3.05, 3.63) is 29.8 Å². The normalized spacial score (nSPS) is 20.9. The summed E-state index contributed by atoms with van der Waals surface area (Å²) < 4.78 is 6.05. The van der Waals surface area contributed by atoms with Gasteiger partial charge in [-0.3, -0.25) is 4.79 Å². The van der Waals surface area contributed by atoms with Crippen molar-refractivity contribution in [2.75, 3.05) is 6.54 Å². The molecule has 0 saturated carbocycles. The molecule has 1 heterocycles. The number of carbonyl (C=O) groups excluding carboxylic acids is 1. The summed E-state index contributed by atoms with van der Waals surface area (Å²) in [5, 5.41) is 3.14. The maximum absolute atomic E-state index is 12.7. The van der Waals surface area contributed by atoms with Gasteiger partial charge in [-0.15, -0.1) is 12.4 Å². The number of nitrogens with two attached hydrogens (primary N) is 1. The summed E-state index contributed by atoms with van der Waals surface area (Å²) in [6.45, 7) is 8.57. The zero-order valence-electron chi connectivity index (χ0n) is 14.5. The Labute approximate surface area is 145 Å². The van der Waals surface area contributed by atoms with Crippen LogP contribution < -0.4 is 15.8 Å². The number of amides is 1. The highest BCUT2D eigenvalue weighted by Crippen LogP contribution is 2.39. The summed E-state index contributed by atoms with van der Waals surface area (Å²) in [4.78, 5) is 12.7. The molecule has 0 aliphatic carbocycles. The average Bonchev–Trinajstić information content (AvgIpc) is 2.87. The van der Waals surface area contributed by atoms with Gasteiger partial charge in [-0.2, -0.15) is 0 Å². The molecule has 2 rings (SSSR count). The van der Waals surface area contributed by atoms with Crippen molar-refractivity contribution in [1.82, 2.24) is 5.32 Å². The van der Waals surface area contributed by atoms with Crippen molar-refractivity contribution in [2.45, 2.75) is 58.6 Å². The van der Waals surface area contributed by atoms with Gasteiger partial charge in [0.25, 0.3) is 0 Å². The molecule has 23 heavy (non-hydrogen) atoms. The van der Waals surface area contributed by atoms with Crippen molar-refractivity contribution >= 4 is 18.3 Å². The van der Waals surface area contributed by atoms with Crippen LogP contribution in [0.4, 0.5) is 0 Å². The molecule has 5 heteroatoms. The SMILES string of the molecule is CCC(CC)(CN)C(=O)NC(C)C1Oc2ccccc2C1C.Cl. The Morgan fingerprint density at radius 2 is 1.96 bits per heavy atom. The zero-order chi connectivity index (χ0) is 16.3. The molecule has 1 amide bonds. The van der Waals surface area contributed by atoms with Crippen LogP contribution in [-0.2, 0) is 4.79 Å². The van der Waals surface area contributed by atoms with E-state index in [1.807, 2.05) is 39.0 Å². The number of hydrogen-bond donors (Lipinski definition) is 2. The minimum Gasteiger partial charge on any atom is -0.487 e. The van der Waals surface area contributed by atoms with Gasteiger partial charge < -0.3 is 15.8 Å². The van der Waals surface area contributed by atoms with E-state index in [1.165, 1.54) is 5.56 Å². The Kier molecular flexibility index (Phi) is 6.90. The molecule has 4 nitrogen and oxygen atoms in total. The molecule has 130 valence electrons. The maximum atomic E-state index is 12.7. The largest absolute Gasteiger partial charge is 0.487 e. The standard InChI is InChI=1S/C18H28N2O2.ClH/c1-5-18(6-2,11-19)17(21)20-13(4)16-12(3)14-9-7-8-10-15(14)22-16;/h7-10,12-13,16H,5-6,11,19H2,1-4H3,(H,20,21);1H. The molecule has 0 radical (unpaired) electrons. The predicted molar refractivity (Wildman–Crippen MR) is 96.2 cm³/mol. The fourth-order valence-corrected chi connectivity index (χ4v) is 3.32. The van der Waals surface area contributed by atoms with Crippen molar-refractivity contribution < 1.29 is 9.53 Å². The minimum absolute atomic E-state index is 0. The van der Waals surface area contributed by atoms with Gasteiger partial charge in [0, 0.05) is 18.0 Å². The van der Waals surface area contributed by atoms with Gasteiger partial charge in [0.15, 0.2) is 0 Å². The second-order valence-electron chi connectivity index (χ2n) is 6.36. The van der Waals surface area contributed by atoms with E-state index in [0.29, 0.717) is 6.54 Å². The fourth-order valence-electron chi connectivity index (χ4n) is 3.32. The molecule has 3 unspecified atom stereocenters. The molecule has 0 aromatic heterocycles. The molecule has 0 saturated heterocycles. The summed E-state index contributed by atoms with van der Waals surface area (Å²) in [7, 11) is 0. The van der Waals surface area contributed by atoms with Crippen LogP contribution in [0.3, 0.4) is 0 Å². The molecule has 3 atom stereocenters. The van der Waals surface area contributed by atoms with Crippen molar-refractivity contribution in [3.63, 3.8) is 0 Å². The summed E-state index contributed by atoms with van der Waals surface area (Å²) in [6.07, 6.45) is 1.46. The number of nitrogens with one attached hydrogen (secondary N) is 1. The maximum Gasteiger partial charge on any atom is 0.227 e. The van der Waals surface area contributed by atoms with E-state index in [9.17, 15) is 4.79 Å². The first-order valence-corrected chi connectivity index (χ1v) is 8.25. The van der Waals surface area contributed by atoms with Crippen LogP contribution in [0.5, 0.6) is 5.75 Å². The lowest BCUT2D eigenvalue weighted by Crippen LogP contribution is -2.52. The topological polar surface area (TPSA) is 64.4 Å². The number of rotatable bonds is 6. The molecule has 1 aromatic rings. The Bertz CT molecular complexity index is 523. The third kappa shape index (κ3) is 3.64. The van der Waals surface area contributed by atoms with Crippen LogP contribution in [0.2, 0.25) is 0 Å². The van der Waals surface area contributed by atoms with Crippen LogP contribution in [0.25, 0.3) is 0 Å². The van der Waals surface area contributed by atoms with E-state index in [-0.39, 0.29) is 36.4 Å². The van der Waals surface area contributed by atoms with Gasteiger partial charge in [-0.05, 0) is 25.8 Å². The molecule has 0 fully saturated rings. The van der Waals surface area contributed by atoms with Crippen molar-refractivity contribution in [3.8, 4) is 5.75 Å². The predicted octanol–water partition coefficient (Wildman–Crippen LogP) is 3.24. The fraction of sp³-hybridized carbons (Fsp3) is 0.611. The van der Waals surface area contributed by atoms with Crippen LogP contribution in [0, 0.1) is 5.41 Å². The Hall–Kier alpha value is -1.26. The first-order chi connectivity index (χ1) is 10.5. The van der Waals surface area contributed by atoms with E-state index < -0.39 is 5.41 Å². The Morgan fingerprint density at radius 3 is 2.48 bits per heavy atom. The lowest BCUT2D eigenvalue weighted by Gasteiger charge is -2.32. The van der Waals surface area contributed by atoms with Crippen molar-refractivity contribution in [1.29, 1.82) is 0 Å². The highest BCUT2D eigenvalue weighted by molar-refractivity contribution is 5.85. The van der Waals surface area contributed by atoms with E-state index in [2.05, 4.69) is 18.3 Å². The number of para-hydroxylation sites is 1. The van der Waals surface area contributed by atoms with E-state index in [1.54, 1.807) is 0 Å². The number of benzene rings is 1. The Balaban J connectivity index is 0.00000264. The minimum atomic E-state index is -0.469. The molecule has 0 bridgehead atoms. The van der Waals surface area contributed by atoms with E-state index in [4.69, 9.17) is 10.5 Å². The highest BCUT2D eigenvalue weighted by atomic mass is 35.5. The summed E-state index contributed by atoms with van der Waals surface area (Å²) in [6, 6.07) is 8.03. The van der Waals surface area contributed by atoms with E-state index >= 15 is 0 Å². The first kappa shape index (κ1) is 19.8. The average molecular weight is 341 g/mol. The van der Waals surface area contributed by atoms with Gasteiger partial charge >= 0.3 is 0 Å². The number of fused-ring (bicyclic) bond motifs is 1. The molecule has 1 aliphatic rings. The van der Waals surface area contributed by atoms with Crippen molar-refractivity contribution in [2.24, 2.45) is 11.1 Å². The van der Waals surface area contributed by atoms with Crippen LogP contribution in [0.15, 0.2) is 24.3 Å². The van der Waals surface area contributed by atoms with Gasteiger partial charge in [0.05, 0.1) is 11.5 Å². The highest BCUT2D eigenvalue weighted by Gasteiger charge is 2.39. The lowest BCUT2D eigenvalue weighted by molar-refractivity contribution is -0.132. The van der Waals surface area contributed by atoms with Gasteiger partial charge in [-0.1, -0.05) is 39.0 Å². The van der Waals surface area contributed by atoms with E-state index in [0.717, 1.165) is 18.6 Å². The van der Waals surface area contributed by atoms with Gasteiger partial charge in [0.1, 0.15) is 11.9 Å². The monoisotopic (exact) mass is 340 g/mol.